The Morgan fingerprint density at radius 3 is 2.64 bits per heavy atom. The van der Waals surface area contributed by atoms with Gasteiger partial charge in [0.1, 0.15) is 17.4 Å². The van der Waals surface area contributed by atoms with Gasteiger partial charge in [-0.1, -0.05) is 23.7 Å². The molecule has 2 aromatic rings. The van der Waals surface area contributed by atoms with Crippen molar-refractivity contribution in [3.63, 3.8) is 0 Å². The predicted molar refractivity (Wildman–Crippen MR) is 105 cm³/mol. The molecule has 9 heteroatoms. The lowest BCUT2D eigenvalue weighted by atomic mass is 10.1. The van der Waals surface area contributed by atoms with Gasteiger partial charge in [-0.3, -0.25) is 14.9 Å². The van der Waals surface area contributed by atoms with Gasteiger partial charge in [0, 0.05) is 23.8 Å². The summed E-state index contributed by atoms with van der Waals surface area (Å²) in [5, 5.41) is 26.1. The molecule has 0 fully saturated rings. The number of nitro benzene ring substituents is 1. The number of non-ortho nitro benzene ring substituents is 1. The molecule has 0 spiro atoms. The molecule has 0 aliphatic heterocycles. The number of methoxy groups -OCH3 is 1. The fourth-order valence-corrected chi connectivity index (χ4v) is 2.40. The summed E-state index contributed by atoms with van der Waals surface area (Å²) < 4.78 is 5.06. The number of amides is 1. The van der Waals surface area contributed by atoms with E-state index in [9.17, 15) is 20.2 Å². The Kier molecular flexibility index (Phi) is 7.37. The summed E-state index contributed by atoms with van der Waals surface area (Å²) in [7, 11) is 1.33. The molecule has 0 heterocycles. The molecular formula is C19H17ClN4O4. The average molecular weight is 401 g/mol. The predicted octanol–water partition coefficient (Wildman–Crippen LogP) is 3.44. The van der Waals surface area contributed by atoms with Crippen molar-refractivity contribution in [2.75, 3.05) is 19.0 Å². The smallest absolute Gasteiger partial charge is 0.273 e. The highest BCUT2D eigenvalue weighted by Crippen LogP contribution is 2.29. The van der Waals surface area contributed by atoms with Gasteiger partial charge in [0.25, 0.3) is 11.6 Å². The van der Waals surface area contributed by atoms with Crippen molar-refractivity contribution in [3.8, 4) is 11.8 Å². The van der Waals surface area contributed by atoms with Crippen molar-refractivity contribution >= 4 is 28.9 Å². The number of halogens is 1. The SMILES string of the molecule is COc1cc([N+](=O)[O-])ccc1NC(=O)/C(C#N)=C\NCCc1ccc(Cl)cc1. The Morgan fingerprint density at radius 1 is 1.32 bits per heavy atom. The maximum Gasteiger partial charge on any atom is 0.273 e. The number of carbonyl (C=O) groups is 1. The van der Waals surface area contributed by atoms with Crippen LogP contribution in [0, 0.1) is 21.4 Å². The molecular weight excluding hydrogens is 384 g/mol. The third kappa shape index (κ3) is 5.72. The van der Waals surface area contributed by atoms with Gasteiger partial charge >= 0.3 is 0 Å². The van der Waals surface area contributed by atoms with Crippen LogP contribution in [0.2, 0.25) is 5.02 Å². The number of anilines is 1. The minimum Gasteiger partial charge on any atom is -0.494 e. The molecule has 0 aliphatic rings. The van der Waals surface area contributed by atoms with Crippen molar-refractivity contribution in [2.45, 2.75) is 6.42 Å². The van der Waals surface area contributed by atoms with E-state index in [1.807, 2.05) is 18.2 Å². The zero-order valence-electron chi connectivity index (χ0n) is 14.9. The fraction of sp³-hybridized carbons (Fsp3) is 0.158. The second-order valence-corrected chi connectivity index (χ2v) is 6.03. The third-order valence-corrected chi connectivity index (χ3v) is 3.98. The summed E-state index contributed by atoms with van der Waals surface area (Å²) in [5.74, 6) is -0.538. The Labute approximate surface area is 166 Å². The van der Waals surface area contributed by atoms with Gasteiger partial charge in [0.15, 0.2) is 0 Å². The number of hydrogen-bond acceptors (Lipinski definition) is 6. The monoisotopic (exact) mass is 400 g/mol. The van der Waals surface area contributed by atoms with Crippen LogP contribution in [-0.2, 0) is 11.2 Å². The topological polar surface area (TPSA) is 117 Å². The van der Waals surface area contributed by atoms with Crippen molar-refractivity contribution in [3.05, 3.63) is 74.9 Å². The van der Waals surface area contributed by atoms with Crippen LogP contribution < -0.4 is 15.4 Å². The van der Waals surface area contributed by atoms with E-state index >= 15 is 0 Å². The molecule has 144 valence electrons. The van der Waals surface area contributed by atoms with Gasteiger partial charge in [-0.15, -0.1) is 0 Å². The number of nitrogens with zero attached hydrogens (tertiary/aromatic N) is 2. The highest BCUT2D eigenvalue weighted by Gasteiger charge is 2.15. The maximum absolute atomic E-state index is 12.3. The number of nitrogens with one attached hydrogen (secondary N) is 2. The van der Waals surface area contributed by atoms with Crippen LogP contribution in [0.3, 0.4) is 0 Å². The summed E-state index contributed by atoms with van der Waals surface area (Å²) >= 11 is 5.83. The van der Waals surface area contributed by atoms with E-state index in [4.69, 9.17) is 16.3 Å². The number of nitro groups is 1. The number of hydrogen-bond donors (Lipinski definition) is 2. The number of benzene rings is 2. The van der Waals surface area contributed by atoms with Gasteiger partial charge < -0.3 is 15.4 Å². The van der Waals surface area contributed by atoms with Crippen LogP contribution in [0.15, 0.2) is 54.2 Å². The van der Waals surface area contributed by atoms with Crippen LogP contribution in [0.25, 0.3) is 0 Å². The number of rotatable bonds is 8. The Morgan fingerprint density at radius 2 is 2.04 bits per heavy atom. The first-order chi connectivity index (χ1) is 13.4. The van der Waals surface area contributed by atoms with Crippen LogP contribution in [0.4, 0.5) is 11.4 Å². The molecule has 2 aromatic carbocycles. The van der Waals surface area contributed by atoms with Gasteiger partial charge in [0.05, 0.1) is 23.8 Å². The Hall–Kier alpha value is -3.57. The Balaban J connectivity index is 1.99. The molecule has 0 unspecified atom stereocenters. The second-order valence-electron chi connectivity index (χ2n) is 5.60. The molecule has 0 radical (unpaired) electrons. The summed E-state index contributed by atoms with van der Waals surface area (Å²) in [4.78, 5) is 22.5. The number of ether oxygens (including phenoxy) is 1. The van der Waals surface area contributed by atoms with Gasteiger partial charge in [-0.25, -0.2) is 0 Å². The molecule has 0 bridgehead atoms. The van der Waals surface area contributed by atoms with Crippen molar-refractivity contribution in [1.29, 1.82) is 5.26 Å². The normalized spacial score (nSPS) is 10.7. The summed E-state index contributed by atoms with van der Waals surface area (Å²) in [6.45, 7) is 0.515. The van der Waals surface area contributed by atoms with E-state index in [1.165, 1.54) is 31.5 Å². The van der Waals surface area contributed by atoms with E-state index in [0.29, 0.717) is 18.0 Å². The van der Waals surface area contributed by atoms with Crippen LogP contribution >= 0.6 is 11.6 Å². The Bertz CT molecular complexity index is 936. The van der Waals surface area contributed by atoms with Gasteiger partial charge in [0.2, 0.25) is 0 Å². The van der Waals surface area contributed by atoms with Crippen LogP contribution in [0.5, 0.6) is 5.75 Å². The average Bonchev–Trinajstić information content (AvgIpc) is 2.69. The molecule has 0 aromatic heterocycles. The minimum absolute atomic E-state index is 0.121. The number of nitriles is 1. The molecule has 28 heavy (non-hydrogen) atoms. The first kappa shape index (κ1) is 20.7. The zero-order chi connectivity index (χ0) is 20.5. The third-order valence-electron chi connectivity index (χ3n) is 3.73. The molecule has 1 amide bonds. The van der Waals surface area contributed by atoms with E-state index in [-0.39, 0.29) is 22.7 Å². The first-order valence-corrected chi connectivity index (χ1v) is 8.54. The largest absolute Gasteiger partial charge is 0.494 e. The molecule has 0 aliphatic carbocycles. The molecule has 0 saturated carbocycles. The van der Waals surface area contributed by atoms with E-state index in [0.717, 1.165) is 5.56 Å². The maximum atomic E-state index is 12.3. The standard InChI is InChI=1S/C19H17ClN4O4/c1-28-18-10-16(24(26)27)6-7-17(18)23-19(25)14(11-21)12-22-9-8-13-2-4-15(20)5-3-13/h2-7,10,12,22H,8-9H2,1H3,(H,23,25)/b14-12-. The number of carbonyl (C=O) groups excluding carboxylic acids is 1. The quantitative estimate of drug-likeness (QED) is 0.230. The lowest BCUT2D eigenvalue weighted by Gasteiger charge is -2.09. The van der Waals surface area contributed by atoms with Crippen molar-refractivity contribution < 1.29 is 14.5 Å². The fourth-order valence-electron chi connectivity index (χ4n) is 2.28. The first-order valence-electron chi connectivity index (χ1n) is 8.16. The zero-order valence-corrected chi connectivity index (χ0v) is 15.7. The van der Waals surface area contributed by atoms with Crippen LogP contribution in [0.1, 0.15) is 5.56 Å². The van der Waals surface area contributed by atoms with Gasteiger partial charge in [-0.05, 0) is 30.2 Å². The lowest BCUT2D eigenvalue weighted by molar-refractivity contribution is -0.384. The van der Waals surface area contributed by atoms with E-state index < -0.39 is 10.8 Å². The van der Waals surface area contributed by atoms with E-state index in [1.54, 1.807) is 12.1 Å². The molecule has 0 saturated heterocycles. The van der Waals surface area contributed by atoms with E-state index in [2.05, 4.69) is 10.6 Å². The van der Waals surface area contributed by atoms with Crippen LogP contribution in [-0.4, -0.2) is 24.5 Å². The molecule has 8 nitrogen and oxygen atoms in total. The summed E-state index contributed by atoms with van der Waals surface area (Å²) in [6.07, 6.45) is 2.01. The molecule has 2 N–H and O–H groups in total. The summed E-state index contributed by atoms with van der Waals surface area (Å²) in [6, 6.07) is 13.0. The summed E-state index contributed by atoms with van der Waals surface area (Å²) in [5.41, 5.74) is 0.968. The van der Waals surface area contributed by atoms with Crippen molar-refractivity contribution in [2.24, 2.45) is 0 Å². The second kappa shape index (κ2) is 9.94. The highest BCUT2D eigenvalue weighted by atomic mass is 35.5. The minimum atomic E-state index is -0.659. The van der Waals surface area contributed by atoms with Crippen molar-refractivity contribution in [1.82, 2.24) is 5.32 Å². The molecule has 2 rings (SSSR count). The highest BCUT2D eigenvalue weighted by molar-refractivity contribution is 6.30. The van der Waals surface area contributed by atoms with Gasteiger partial charge in [-0.2, -0.15) is 5.26 Å². The molecule has 0 atom stereocenters. The lowest BCUT2D eigenvalue weighted by Crippen LogP contribution is -2.18.